The fourth-order valence-electron chi connectivity index (χ4n) is 1.77. The quantitative estimate of drug-likeness (QED) is 0.813. The second-order valence-electron chi connectivity index (χ2n) is 4.09. The van der Waals surface area contributed by atoms with Crippen LogP contribution < -0.4 is 10.6 Å². The van der Waals surface area contributed by atoms with Crippen molar-refractivity contribution >= 4 is 21.6 Å². The summed E-state index contributed by atoms with van der Waals surface area (Å²) >= 11 is 3.50. The minimum atomic E-state index is 0.175. The summed E-state index contributed by atoms with van der Waals surface area (Å²) < 4.78 is 1.04. The molecule has 0 radical (unpaired) electrons. The van der Waals surface area contributed by atoms with Gasteiger partial charge in [-0.2, -0.15) is 0 Å². The SMILES string of the molecule is CCCCN(CCO)c1cc(Br)cc(CN)c1. The van der Waals surface area contributed by atoms with E-state index in [4.69, 9.17) is 10.8 Å². The molecule has 0 aromatic heterocycles. The van der Waals surface area contributed by atoms with Crippen molar-refractivity contribution in [1.29, 1.82) is 0 Å². The van der Waals surface area contributed by atoms with Gasteiger partial charge < -0.3 is 15.7 Å². The molecular weight excluding hydrogens is 280 g/mol. The fraction of sp³-hybridized carbons (Fsp3) is 0.538. The van der Waals surface area contributed by atoms with Gasteiger partial charge in [0.1, 0.15) is 0 Å². The Morgan fingerprint density at radius 3 is 2.65 bits per heavy atom. The van der Waals surface area contributed by atoms with Crippen LogP contribution >= 0.6 is 15.9 Å². The maximum absolute atomic E-state index is 9.12. The molecule has 0 saturated carbocycles. The van der Waals surface area contributed by atoms with Crippen molar-refractivity contribution < 1.29 is 5.11 Å². The maximum Gasteiger partial charge on any atom is 0.0606 e. The highest BCUT2D eigenvalue weighted by molar-refractivity contribution is 9.10. The van der Waals surface area contributed by atoms with E-state index in [9.17, 15) is 0 Å². The Kier molecular flexibility index (Phi) is 6.55. The van der Waals surface area contributed by atoms with Crippen molar-refractivity contribution in [2.75, 3.05) is 24.6 Å². The van der Waals surface area contributed by atoms with E-state index in [1.54, 1.807) is 0 Å². The third-order valence-electron chi connectivity index (χ3n) is 2.69. The lowest BCUT2D eigenvalue weighted by molar-refractivity contribution is 0.301. The lowest BCUT2D eigenvalue weighted by Gasteiger charge is -2.24. The first-order chi connectivity index (χ1) is 8.21. The third-order valence-corrected chi connectivity index (χ3v) is 3.15. The predicted octanol–water partition coefficient (Wildman–Crippen LogP) is 2.51. The van der Waals surface area contributed by atoms with Gasteiger partial charge in [0.2, 0.25) is 0 Å². The fourth-order valence-corrected chi connectivity index (χ4v) is 2.30. The zero-order valence-corrected chi connectivity index (χ0v) is 11.9. The molecular formula is C13H21BrN2O. The third kappa shape index (κ3) is 4.66. The maximum atomic E-state index is 9.12. The second kappa shape index (κ2) is 7.69. The molecule has 0 atom stereocenters. The lowest BCUT2D eigenvalue weighted by Crippen LogP contribution is -2.27. The number of halogens is 1. The van der Waals surface area contributed by atoms with Crippen molar-refractivity contribution in [3.8, 4) is 0 Å². The minimum absolute atomic E-state index is 0.175. The van der Waals surface area contributed by atoms with Crippen LogP contribution in [0.4, 0.5) is 5.69 Å². The second-order valence-corrected chi connectivity index (χ2v) is 5.00. The van der Waals surface area contributed by atoms with Crippen LogP contribution in [-0.4, -0.2) is 24.8 Å². The van der Waals surface area contributed by atoms with E-state index < -0.39 is 0 Å². The molecule has 0 fully saturated rings. The summed E-state index contributed by atoms with van der Waals surface area (Å²) in [7, 11) is 0. The molecule has 3 nitrogen and oxygen atoms in total. The molecule has 96 valence electrons. The molecule has 17 heavy (non-hydrogen) atoms. The summed E-state index contributed by atoms with van der Waals surface area (Å²) in [5.41, 5.74) is 7.91. The Morgan fingerprint density at radius 2 is 2.06 bits per heavy atom. The number of unbranched alkanes of at least 4 members (excludes halogenated alkanes) is 1. The molecule has 0 aliphatic rings. The first-order valence-electron chi connectivity index (χ1n) is 6.06. The van der Waals surface area contributed by atoms with Crippen LogP contribution in [0.3, 0.4) is 0 Å². The van der Waals surface area contributed by atoms with E-state index in [1.165, 1.54) is 0 Å². The van der Waals surface area contributed by atoms with Crippen LogP contribution in [0.5, 0.6) is 0 Å². The summed E-state index contributed by atoms with van der Waals surface area (Å²) in [6.45, 7) is 4.52. The molecule has 0 unspecified atom stereocenters. The average molecular weight is 301 g/mol. The highest BCUT2D eigenvalue weighted by atomic mass is 79.9. The highest BCUT2D eigenvalue weighted by Crippen LogP contribution is 2.23. The Labute approximate surface area is 112 Å². The first-order valence-corrected chi connectivity index (χ1v) is 6.86. The molecule has 4 heteroatoms. The summed E-state index contributed by atoms with van der Waals surface area (Å²) in [4.78, 5) is 2.20. The van der Waals surface area contributed by atoms with Gasteiger partial charge in [-0.15, -0.1) is 0 Å². The van der Waals surface area contributed by atoms with Crippen LogP contribution in [0.1, 0.15) is 25.3 Å². The summed E-state index contributed by atoms with van der Waals surface area (Å²) in [6, 6.07) is 6.20. The number of nitrogens with two attached hydrogens (primary N) is 1. The standard InChI is InChI=1S/C13H21BrN2O/c1-2-3-4-16(5-6-17)13-8-11(10-15)7-12(14)9-13/h7-9,17H,2-6,10,15H2,1H3. The van der Waals surface area contributed by atoms with Crippen molar-refractivity contribution in [2.45, 2.75) is 26.3 Å². The number of aliphatic hydroxyl groups excluding tert-OH is 1. The van der Waals surface area contributed by atoms with Gasteiger partial charge in [-0.05, 0) is 30.2 Å². The van der Waals surface area contributed by atoms with Crippen molar-refractivity contribution in [3.05, 3.63) is 28.2 Å². The predicted molar refractivity (Wildman–Crippen MR) is 76.2 cm³/mol. The molecule has 3 N–H and O–H groups in total. The largest absolute Gasteiger partial charge is 0.395 e. The van der Waals surface area contributed by atoms with Gasteiger partial charge in [0.15, 0.2) is 0 Å². The van der Waals surface area contributed by atoms with Crippen molar-refractivity contribution in [1.82, 2.24) is 0 Å². The number of nitrogens with zero attached hydrogens (tertiary/aromatic N) is 1. The minimum Gasteiger partial charge on any atom is -0.395 e. The Bertz CT molecular complexity index is 344. The topological polar surface area (TPSA) is 49.5 Å². The molecule has 1 rings (SSSR count). The monoisotopic (exact) mass is 300 g/mol. The molecule has 1 aromatic rings. The first kappa shape index (κ1) is 14.5. The summed E-state index contributed by atoms with van der Waals surface area (Å²) in [5.74, 6) is 0. The van der Waals surface area contributed by atoms with E-state index in [0.29, 0.717) is 13.1 Å². The zero-order chi connectivity index (χ0) is 12.7. The zero-order valence-electron chi connectivity index (χ0n) is 10.3. The van der Waals surface area contributed by atoms with Gasteiger partial charge in [0.25, 0.3) is 0 Å². The Hall–Kier alpha value is -0.580. The molecule has 0 bridgehead atoms. The van der Waals surface area contributed by atoms with E-state index in [2.05, 4.69) is 39.9 Å². The molecule has 0 amide bonds. The van der Waals surface area contributed by atoms with Gasteiger partial charge in [-0.25, -0.2) is 0 Å². The van der Waals surface area contributed by atoms with Crippen LogP contribution in [0.25, 0.3) is 0 Å². The van der Waals surface area contributed by atoms with Gasteiger partial charge in [0, 0.05) is 29.8 Å². The number of hydrogen-bond acceptors (Lipinski definition) is 3. The Balaban J connectivity index is 2.87. The number of aliphatic hydroxyl groups is 1. The van der Waals surface area contributed by atoms with Crippen molar-refractivity contribution in [2.24, 2.45) is 5.73 Å². The number of hydrogen-bond donors (Lipinski definition) is 2. The van der Waals surface area contributed by atoms with Crippen LogP contribution in [0.2, 0.25) is 0 Å². The van der Waals surface area contributed by atoms with E-state index >= 15 is 0 Å². The van der Waals surface area contributed by atoms with Gasteiger partial charge >= 0.3 is 0 Å². The summed E-state index contributed by atoms with van der Waals surface area (Å²) in [5, 5.41) is 9.12. The smallest absolute Gasteiger partial charge is 0.0606 e. The Morgan fingerprint density at radius 1 is 1.29 bits per heavy atom. The lowest BCUT2D eigenvalue weighted by atomic mass is 10.1. The van der Waals surface area contributed by atoms with Gasteiger partial charge in [-0.1, -0.05) is 29.3 Å². The summed E-state index contributed by atoms with van der Waals surface area (Å²) in [6.07, 6.45) is 2.28. The molecule has 0 saturated heterocycles. The van der Waals surface area contributed by atoms with E-state index in [1.807, 2.05) is 6.07 Å². The molecule has 0 aliphatic heterocycles. The molecule has 0 heterocycles. The van der Waals surface area contributed by atoms with Crippen LogP contribution in [-0.2, 0) is 6.54 Å². The molecule has 0 aliphatic carbocycles. The van der Waals surface area contributed by atoms with Crippen molar-refractivity contribution in [3.63, 3.8) is 0 Å². The molecule has 1 aromatic carbocycles. The van der Waals surface area contributed by atoms with Gasteiger partial charge in [0.05, 0.1) is 6.61 Å². The number of rotatable bonds is 7. The highest BCUT2D eigenvalue weighted by Gasteiger charge is 2.07. The average Bonchev–Trinajstić information content (AvgIpc) is 2.33. The van der Waals surface area contributed by atoms with E-state index in [0.717, 1.165) is 35.1 Å². The van der Waals surface area contributed by atoms with Gasteiger partial charge in [-0.3, -0.25) is 0 Å². The normalized spacial score (nSPS) is 10.6. The van der Waals surface area contributed by atoms with E-state index in [-0.39, 0.29) is 6.61 Å². The number of benzene rings is 1. The molecule has 0 spiro atoms. The van der Waals surface area contributed by atoms with Crippen LogP contribution in [0.15, 0.2) is 22.7 Å². The number of anilines is 1. The van der Waals surface area contributed by atoms with Crippen LogP contribution in [0, 0.1) is 0 Å².